The molecule has 6 nitrogen and oxygen atoms in total. The van der Waals surface area contributed by atoms with Gasteiger partial charge in [0, 0.05) is 12.5 Å². The summed E-state index contributed by atoms with van der Waals surface area (Å²) in [6.45, 7) is 10.1. The Bertz CT molecular complexity index is 743. The van der Waals surface area contributed by atoms with E-state index in [1.54, 1.807) is 6.08 Å². The highest BCUT2D eigenvalue weighted by atomic mass is 32.1. The summed E-state index contributed by atoms with van der Waals surface area (Å²) in [6.07, 6.45) is 2.55. The van der Waals surface area contributed by atoms with Gasteiger partial charge >= 0.3 is 0 Å². The van der Waals surface area contributed by atoms with E-state index in [2.05, 4.69) is 27.1 Å². The minimum absolute atomic E-state index is 0.0206. The summed E-state index contributed by atoms with van der Waals surface area (Å²) >= 11 is 6.62. The van der Waals surface area contributed by atoms with Crippen LogP contribution in [0.5, 0.6) is 0 Å². The van der Waals surface area contributed by atoms with Gasteiger partial charge in [0.1, 0.15) is 0 Å². The van der Waals surface area contributed by atoms with Gasteiger partial charge in [-0.1, -0.05) is 31.3 Å². The van der Waals surface area contributed by atoms with Crippen LogP contribution in [-0.2, 0) is 11.3 Å². The molecule has 0 unspecified atom stereocenters. The SMILES string of the molecule is C=CCn1c(-c2sc(NC(=O)[C@@H](C)CC)nc2C)n[nH]c1=S. The number of nitrogens with one attached hydrogen (secondary N) is 2. The number of thiazole rings is 1. The smallest absolute Gasteiger partial charge is 0.228 e. The Balaban J connectivity index is 2.33. The number of nitrogens with zero attached hydrogens (tertiary/aromatic N) is 3. The second kappa shape index (κ2) is 6.97. The molecule has 8 heteroatoms. The molecule has 0 saturated carbocycles. The molecule has 0 aliphatic carbocycles. The second-order valence-electron chi connectivity index (χ2n) is 4.98. The molecule has 1 atom stereocenters. The molecule has 2 aromatic heterocycles. The Morgan fingerprint density at radius 2 is 2.36 bits per heavy atom. The summed E-state index contributed by atoms with van der Waals surface area (Å²) in [5.74, 6) is 0.652. The largest absolute Gasteiger partial charge is 0.302 e. The van der Waals surface area contributed by atoms with Crippen molar-refractivity contribution in [1.82, 2.24) is 19.7 Å². The number of anilines is 1. The molecule has 2 N–H and O–H groups in total. The molecule has 0 radical (unpaired) electrons. The van der Waals surface area contributed by atoms with Crippen LogP contribution in [0.4, 0.5) is 5.13 Å². The van der Waals surface area contributed by atoms with E-state index in [9.17, 15) is 4.79 Å². The third-order valence-electron chi connectivity index (χ3n) is 3.36. The minimum atomic E-state index is -0.0389. The molecule has 1 amide bonds. The number of allylic oxidation sites excluding steroid dienone is 1. The van der Waals surface area contributed by atoms with E-state index in [0.29, 0.717) is 22.3 Å². The third-order valence-corrected chi connectivity index (χ3v) is 4.74. The van der Waals surface area contributed by atoms with Crippen molar-refractivity contribution >= 4 is 34.6 Å². The standard InChI is InChI=1S/C14H19N5OS2/c1-5-7-19-11(17-18-14(19)21)10-9(4)15-13(22-10)16-12(20)8(3)6-2/h5,8H,1,6-7H2,2-4H3,(H,18,21)(H,15,16,20)/t8-/m0/s1. The molecule has 2 aromatic rings. The highest BCUT2D eigenvalue weighted by Gasteiger charge is 2.18. The molecule has 0 aromatic carbocycles. The number of aromatic amines is 1. The Labute approximate surface area is 138 Å². The van der Waals surface area contributed by atoms with Gasteiger partial charge in [-0.25, -0.2) is 4.98 Å². The Morgan fingerprint density at radius 3 is 3.00 bits per heavy atom. The lowest BCUT2D eigenvalue weighted by Crippen LogP contribution is -2.19. The highest BCUT2D eigenvalue weighted by molar-refractivity contribution is 7.71. The maximum Gasteiger partial charge on any atom is 0.228 e. The van der Waals surface area contributed by atoms with Crippen LogP contribution < -0.4 is 5.32 Å². The van der Waals surface area contributed by atoms with Crippen LogP contribution in [0.3, 0.4) is 0 Å². The quantitative estimate of drug-likeness (QED) is 0.624. The molecule has 0 spiro atoms. The number of carbonyl (C=O) groups is 1. The van der Waals surface area contributed by atoms with Gasteiger partial charge in [-0.2, -0.15) is 5.10 Å². The average Bonchev–Trinajstić information content (AvgIpc) is 3.02. The van der Waals surface area contributed by atoms with Crippen molar-refractivity contribution < 1.29 is 4.79 Å². The van der Waals surface area contributed by atoms with Gasteiger partial charge in [-0.05, 0) is 25.6 Å². The van der Waals surface area contributed by atoms with E-state index >= 15 is 0 Å². The van der Waals surface area contributed by atoms with E-state index in [0.717, 1.165) is 17.0 Å². The fraction of sp³-hybridized carbons (Fsp3) is 0.429. The number of aromatic nitrogens is 4. The molecule has 0 aliphatic heterocycles. The van der Waals surface area contributed by atoms with E-state index in [-0.39, 0.29) is 11.8 Å². The van der Waals surface area contributed by atoms with Gasteiger partial charge in [0.25, 0.3) is 0 Å². The first-order valence-electron chi connectivity index (χ1n) is 7.02. The van der Waals surface area contributed by atoms with Crippen LogP contribution in [0.1, 0.15) is 26.0 Å². The predicted octanol–water partition coefficient (Wildman–Crippen LogP) is 3.54. The Kier molecular flexibility index (Phi) is 5.25. The molecule has 118 valence electrons. The van der Waals surface area contributed by atoms with Crippen LogP contribution >= 0.6 is 23.6 Å². The molecule has 2 heterocycles. The number of hydrogen-bond acceptors (Lipinski definition) is 5. The van der Waals surface area contributed by atoms with Crippen LogP contribution in [0.25, 0.3) is 10.7 Å². The van der Waals surface area contributed by atoms with Gasteiger partial charge < -0.3 is 5.32 Å². The number of amides is 1. The van der Waals surface area contributed by atoms with Crippen molar-refractivity contribution in [3.63, 3.8) is 0 Å². The molecule has 2 rings (SSSR count). The van der Waals surface area contributed by atoms with Crippen molar-refractivity contribution in [1.29, 1.82) is 0 Å². The molecular weight excluding hydrogens is 318 g/mol. The highest BCUT2D eigenvalue weighted by Crippen LogP contribution is 2.31. The molecule has 0 saturated heterocycles. The molecule has 0 aliphatic rings. The lowest BCUT2D eigenvalue weighted by Gasteiger charge is -2.06. The normalized spacial score (nSPS) is 12.1. The van der Waals surface area contributed by atoms with Gasteiger partial charge in [-0.3, -0.25) is 14.5 Å². The topological polar surface area (TPSA) is 75.6 Å². The minimum Gasteiger partial charge on any atom is -0.302 e. The Hall–Kier alpha value is -1.80. The zero-order valence-electron chi connectivity index (χ0n) is 12.8. The summed E-state index contributed by atoms with van der Waals surface area (Å²) < 4.78 is 2.39. The monoisotopic (exact) mass is 337 g/mol. The summed E-state index contributed by atoms with van der Waals surface area (Å²) in [5, 5.41) is 10.5. The number of H-pyrrole nitrogens is 1. The Morgan fingerprint density at radius 1 is 1.64 bits per heavy atom. The third kappa shape index (κ3) is 3.33. The van der Waals surface area contributed by atoms with Gasteiger partial charge in [0.15, 0.2) is 15.7 Å². The number of rotatable bonds is 6. The zero-order chi connectivity index (χ0) is 16.3. The summed E-state index contributed by atoms with van der Waals surface area (Å²) in [7, 11) is 0. The lowest BCUT2D eigenvalue weighted by molar-refractivity contribution is -0.119. The lowest BCUT2D eigenvalue weighted by atomic mass is 10.1. The maximum absolute atomic E-state index is 12.0. The average molecular weight is 337 g/mol. The molecule has 0 fully saturated rings. The van der Waals surface area contributed by atoms with Crippen molar-refractivity contribution in [2.45, 2.75) is 33.7 Å². The number of carbonyl (C=O) groups excluding carboxylic acids is 1. The first kappa shape index (κ1) is 16.6. The van der Waals surface area contributed by atoms with Crippen LogP contribution in [0, 0.1) is 17.6 Å². The van der Waals surface area contributed by atoms with Crippen molar-refractivity contribution in [2.24, 2.45) is 5.92 Å². The fourth-order valence-corrected chi connectivity index (χ4v) is 3.04. The number of hydrogen-bond donors (Lipinski definition) is 2. The second-order valence-corrected chi connectivity index (χ2v) is 6.37. The van der Waals surface area contributed by atoms with E-state index in [4.69, 9.17) is 12.2 Å². The van der Waals surface area contributed by atoms with Gasteiger partial charge in [0.05, 0.1) is 10.6 Å². The predicted molar refractivity (Wildman–Crippen MR) is 91.5 cm³/mol. The number of aryl methyl sites for hydroxylation is 1. The van der Waals surface area contributed by atoms with E-state index in [1.807, 2.05) is 25.3 Å². The van der Waals surface area contributed by atoms with Crippen LogP contribution in [0.15, 0.2) is 12.7 Å². The fourth-order valence-electron chi connectivity index (χ4n) is 1.86. The molecular formula is C14H19N5OS2. The van der Waals surface area contributed by atoms with Crippen molar-refractivity contribution in [3.05, 3.63) is 23.1 Å². The molecule has 22 heavy (non-hydrogen) atoms. The molecule has 0 bridgehead atoms. The van der Waals surface area contributed by atoms with Crippen LogP contribution in [-0.4, -0.2) is 25.7 Å². The van der Waals surface area contributed by atoms with Crippen molar-refractivity contribution in [3.8, 4) is 10.7 Å². The summed E-state index contributed by atoms with van der Waals surface area (Å²) in [5.41, 5.74) is 0.809. The van der Waals surface area contributed by atoms with Crippen LogP contribution in [0.2, 0.25) is 0 Å². The van der Waals surface area contributed by atoms with Gasteiger partial charge in [-0.15, -0.1) is 6.58 Å². The summed E-state index contributed by atoms with van der Waals surface area (Å²) in [4.78, 5) is 17.3. The van der Waals surface area contributed by atoms with Crippen molar-refractivity contribution in [2.75, 3.05) is 5.32 Å². The van der Waals surface area contributed by atoms with Gasteiger partial charge in [0.2, 0.25) is 5.91 Å². The van der Waals surface area contributed by atoms with E-state index < -0.39 is 0 Å². The first-order valence-corrected chi connectivity index (χ1v) is 8.25. The maximum atomic E-state index is 12.0. The first-order chi connectivity index (χ1) is 10.5. The zero-order valence-corrected chi connectivity index (χ0v) is 14.5. The van der Waals surface area contributed by atoms with E-state index in [1.165, 1.54) is 11.3 Å². The summed E-state index contributed by atoms with van der Waals surface area (Å²) in [6, 6.07) is 0.